The summed E-state index contributed by atoms with van der Waals surface area (Å²) < 4.78 is 5.51. The highest BCUT2D eigenvalue weighted by atomic mass is 16.5. The number of hydrogen-bond donors (Lipinski definition) is 1. The number of ether oxygens (including phenoxy) is 1. The van der Waals surface area contributed by atoms with Crippen LogP contribution in [0.4, 0.5) is 0 Å². The normalized spacial score (nSPS) is 10.7. The fraction of sp³-hybridized carbons (Fsp3) is 0.588. The molecule has 0 aliphatic carbocycles. The molecule has 1 aromatic rings. The van der Waals surface area contributed by atoms with Crippen LogP contribution in [-0.4, -0.2) is 43.6 Å². The molecule has 0 bridgehead atoms. The van der Waals surface area contributed by atoms with E-state index < -0.39 is 0 Å². The molecule has 4 nitrogen and oxygen atoms in total. The van der Waals surface area contributed by atoms with E-state index in [-0.39, 0.29) is 12.5 Å². The van der Waals surface area contributed by atoms with Gasteiger partial charge in [-0.2, -0.15) is 0 Å². The lowest BCUT2D eigenvalue weighted by Crippen LogP contribution is -2.32. The molecule has 0 saturated carbocycles. The Labute approximate surface area is 128 Å². The molecular weight excluding hydrogens is 264 g/mol. The van der Waals surface area contributed by atoms with Gasteiger partial charge in [-0.05, 0) is 50.2 Å². The molecule has 1 amide bonds. The van der Waals surface area contributed by atoms with Crippen LogP contribution in [0.2, 0.25) is 0 Å². The lowest BCUT2D eigenvalue weighted by atomic mass is 10.2. The zero-order chi connectivity index (χ0) is 15.5. The lowest BCUT2D eigenvalue weighted by molar-refractivity contribution is -0.123. The molecular formula is C17H28N2O2. The largest absolute Gasteiger partial charge is 0.484 e. The number of carbonyl (C=O) groups excluding carboxylic acids is 1. The summed E-state index contributed by atoms with van der Waals surface area (Å²) in [5.74, 6) is 0.698. The first kappa shape index (κ1) is 17.5. The van der Waals surface area contributed by atoms with Gasteiger partial charge in [0.1, 0.15) is 5.75 Å². The summed E-state index contributed by atoms with van der Waals surface area (Å²) in [7, 11) is 0. The van der Waals surface area contributed by atoms with Crippen LogP contribution in [0.5, 0.6) is 5.75 Å². The summed E-state index contributed by atoms with van der Waals surface area (Å²) in [5, 5.41) is 2.89. The van der Waals surface area contributed by atoms with E-state index in [1.807, 2.05) is 18.2 Å². The van der Waals surface area contributed by atoms with Crippen molar-refractivity contribution in [2.75, 3.05) is 32.8 Å². The second-order valence-electron chi connectivity index (χ2n) is 5.02. The van der Waals surface area contributed by atoms with E-state index in [1.54, 1.807) is 0 Å². The average molecular weight is 292 g/mol. The van der Waals surface area contributed by atoms with E-state index in [0.717, 1.165) is 38.2 Å². The number of benzene rings is 1. The second kappa shape index (κ2) is 10.2. The molecule has 21 heavy (non-hydrogen) atoms. The molecule has 0 aliphatic heterocycles. The van der Waals surface area contributed by atoms with E-state index >= 15 is 0 Å². The quantitative estimate of drug-likeness (QED) is 0.674. The topological polar surface area (TPSA) is 41.6 Å². The summed E-state index contributed by atoms with van der Waals surface area (Å²) in [6.45, 7) is 10.3. The number of amides is 1. The Kier molecular flexibility index (Phi) is 8.51. The van der Waals surface area contributed by atoms with Crippen LogP contribution in [0.1, 0.15) is 32.8 Å². The molecule has 0 unspecified atom stereocenters. The molecule has 1 rings (SSSR count). The van der Waals surface area contributed by atoms with Crippen molar-refractivity contribution in [3.05, 3.63) is 29.8 Å². The van der Waals surface area contributed by atoms with E-state index in [2.05, 4.69) is 37.1 Å². The van der Waals surface area contributed by atoms with Gasteiger partial charge in [-0.25, -0.2) is 0 Å². The molecule has 0 aliphatic rings. The smallest absolute Gasteiger partial charge is 0.257 e. The summed E-state index contributed by atoms with van der Waals surface area (Å²) in [4.78, 5) is 14.1. The molecule has 0 saturated heterocycles. The first-order valence-corrected chi connectivity index (χ1v) is 7.90. The monoisotopic (exact) mass is 292 g/mol. The van der Waals surface area contributed by atoms with Crippen molar-refractivity contribution in [3.63, 3.8) is 0 Å². The highest BCUT2D eigenvalue weighted by Crippen LogP contribution is 2.13. The molecule has 118 valence electrons. The molecule has 1 N–H and O–H groups in total. The van der Waals surface area contributed by atoms with E-state index in [0.29, 0.717) is 6.54 Å². The Morgan fingerprint density at radius 1 is 1.24 bits per heavy atom. The van der Waals surface area contributed by atoms with Crippen LogP contribution in [0.15, 0.2) is 24.3 Å². The molecule has 0 aromatic heterocycles. The number of nitrogens with one attached hydrogen (secondary N) is 1. The van der Waals surface area contributed by atoms with Crippen LogP contribution in [0, 0.1) is 0 Å². The van der Waals surface area contributed by atoms with E-state index in [4.69, 9.17) is 4.74 Å². The van der Waals surface area contributed by atoms with Gasteiger partial charge in [0.25, 0.3) is 5.91 Å². The van der Waals surface area contributed by atoms with Gasteiger partial charge in [0.05, 0.1) is 0 Å². The van der Waals surface area contributed by atoms with Crippen molar-refractivity contribution in [3.8, 4) is 5.75 Å². The maximum Gasteiger partial charge on any atom is 0.257 e. The van der Waals surface area contributed by atoms with Crippen molar-refractivity contribution in [2.45, 2.75) is 33.6 Å². The van der Waals surface area contributed by atoms with Crippen LogP contribution in [0.3, 0.4) is 0 Å². The predicted molar refractivity (Wildman–Crippen MR) is 86.7 cm³/mol. The van der Waals surface area contributed by atoms with Crippen molar-refractivity contribution >= 4 is 5.91 Å². The van der Waals surface area contributed by atoms with Crippen LogP contribution >= 0.6 is 0 Å². The lowest BCUT2D eigenvalue weighted by Gasteiger charge is -2.17. The molecule has 0 atom stereocenters. The maximum atomic E-state index is 11.7. The number of aryl methyl sites for hydroxylation is 1. The van der Waals surface area contributed by atoms with Gasteiger partial charge in [0.2, 0.25) is 0 Å². The Morgan fingerprint density at radius 3 is 2.67 bits per heavy atom. The van der Waals surface area contributed by atoms with Gasteiger partial charge in [-0.1, -0.05) is 32.9 Å². The minimum absolute atomic E-state index is 0.0588. The van der Waals surface area contributed by atoms with Crippen molar-refractivity contribution in [1.29, 1.82) is 0 Å². The van der Waals surface area contributed by atoms with Crippen LogP contribution in [-0.2, 0) is 11.2 Å². The van der Waals surface area contributed by atoms with Crippen LogP contribution < -0.4 is 10.1 Å². The Morgan fingerprint density at radius 2 is 2.00 bits per heavy atom. The third kappa shape index (κ3) is 7.14. The van der Waals surface area contributed by atoms with Crippen LogP contribution in [0.25, 0.3) is 0 Å². The Balaban J connectivity index is 2.19. The van der Waals surface area contributed by atoms with E-state index in [9.17, 15) is 4.79 Å². The minimum atomic E-state index is -0.0588. The third-order valence-electron chi connectivity index (χ3n) is 3.54. The van der Waals surface area contributed by atoms with Crippen molar-refractivity contribution in [2.24, 2.45) is 0 Å². The first-order chi connectivity index (χ1) is 10.2. The maximum absolute atomic E-state index is 11.7. The number of hydrogen-bond acceptors (Lipinski definition) is 3. The summed E-state index contributed by atoms with van der Waals surface area (Å²) in [5.41, 5.74) is 1.21. The fourth-order valence-corrected chi connectivity index (χ4v) is 2.13. The molecule has 4 heteroatoms. The summed E-state index contributed by atoms with van der Waals surface area (Å²) >= 11 is 0. The predicted octanol–water partition coefficient (Wildman–Crippen LogP) is 2.48. The highest BCUT2D eigenvalue weighted by Gasteiger charge is 2.03. The van der Waals surface area contributed by atoms with Gasteiger partial charge in [-0.15, -0.1) is 0 Å². The molecule has 0 radical (unpaired) electrons. The van der Waals surface area contributed by atoms with Gasteiger partial charge in [0, 0.05) is 6.54 Å². The van der Waals surface area contributed by atoms with Gasteiger partial charge in [0.15, 0.2) is 6.61 Å². The Hall–Kier alpha value is -1.55. The molecule has 0 heterocycles. The van der Waals surface area contributed by atoms with Crippen molar-refractivity contribution < 1.29 is 9.53 Å². The van der Waals surface area contributed by atoms with Gasteiger partial charge in [-0.3, -0.25) is 4.79 Å². The SMILES string of the molecule is CCc1cccc(OCC(=O)NCCCN(CC)CC)c1. The zero-order valence-electron chi connectivity index (χ0n) is 13.5. The number of carbonyl (C=O) groups is 1. The first-order valence-electron chi connectivity index (χ1n) is 7.90. The number of nitrogens with zero attached hydrogens (tertiary/aromatic N) is 1. The summed E-state index contributed by atoms with van der Waals surface area (Å²) in [6, 6.07) is 7.87. The van der Waals surface area contributed by atoms with Gasteiger partial charge < -0.3 is 15.0 Å². The van der Waals surface area contributed by atoms with E-state index in [1.165, 1.54) is 5.56 Å². The second-order valence-corrected chi connectivity index (χ2v) is 5.02. The third-order valence-corrected chi connectivity index (χ3v) is 3.54. The van der Waals surface area contributed by atoms with Crippen molar-refractivity contribution in [1.82, 2.24) is 10.2 Å². The Bertz CT molecular complexity index is 417. The standard InChI is InChI=1S/C17H28N2O2/c1-4-15-9-7-10-16(13-15)21-14-17(20)18-11-8-12-19(5-2)6-3/h7,9-10,13H,4-6,8,11-12,14H2,1-3H3,(H,18,20). The number of rotatable bonds is 10. The van der Waals surface area contributed by atoms with Gasteiger partial charge >= 0.3 is 0 Å². The molecule has 0 spiro atoms. The highest BCUT2D eigenvalue weighted by molar-refractivity contribution is 5.77. The summed E-state index contributed by atoms with van der Waals surface area (Å²) in [6.07, 6.45) is 1.94. The fourth-order valence-electron chi connectivity index (χ4n) is 2.13. The molecule has 0 fully saturated rings. The zero-order valence-corrected chi connectivity index (χ0v) is 13.5. The molecule has 1 aromatic carbocycles. The average Bonchev–Trinajstić information content (AvgIpc) is 2.53. The minimum Gasteiger partial charge on any atom is -0.484 e.